The Morgan fingerprint density at radius 3 is 2.83 bits per heavy atom. The first-order valence-corrected chi connectivity index (χ1v) is 9.45. The number of halogens is 1. The lowest BCUT2D eigenvalue weighted by Gasteiger charge is -2.19. The van der Waals surface area contributed by atoms with Gasteiger partial charge in [-0.15, -0.1) is 0 Å². The quantitative estimate of drug-likeness (QED) is 0.868. The van der Waals surface area contributed by atoms with Crippen LogP contribution in [0, 0.1) is 0 Å². The van der Waals surface area contributed by atoms with Crippen LogP contribution in [0.3, 0.4) is 0 Å². The van der Waals surface area contributed by atoms with Crippen LogP contribution in [0.2, 0.25) is 5.02 Å². The number of para-hydroxylation sites is 1. The monoisotopic (exact) mass is 367 g/mol. The number of ether oxygens (including phenoxy) is 1. The third-order valence-corrected chi connectivity index (χ3v) is 5.59. The van der Waals surface area contributed by atoms with Crippen LogP contribution in [0.1, 0.15) is 24.4 Å². The number of fused-ring (bicyclic) bond motifs is 1. The molecular formula is C16H18ClN3O3S. The first-order valence-electron chi connectivity index (χ1n) is 7.58. The van der Waals surface area contributed by atoms with E-state index in [1.807, 2.05) is 12.1 Å². The van der Waals surface area contributed by atoms with E-state index in [2.05, 4.69) is 15.0 Å². The predicted molar refractivity (Wildman–Crippen MR) is 93.0 cm³/mol. The Morgan fingerprint density at radius 2 is 2.12 bits per heavy atom. The number of hydrogen-bond acceptors (Lipinski definition) is 5. The molecule has 0 bridgehead atoms. The maximum atomic E-state index is 11.7. The summed E-state index contributed by atoms with van der Waals surface area (Å²) >= 11 is 6.23. The fourth-order valence-electron chi connectivity index (χ4n) is 2.64. The summed E-state index contributed by atoms with van der Waals surface area (Å²) in [5.74, 6) is 1.30. The molecule has 2 N–H and O–H groups in total. The summed E-state index contributed by atoms with van der Waals surface area (Å²) in [7, 11) is -2.12. The normalized spacial score (nSPS) is 17.5. The summed E-state index contributed by atoms with van der Waals surface area (Å²) in [6.07, 6.45) is 3.08. The van der Waals surface area contributed by atoms with Gasteiger partial charge in [0.25, 0.3) is 0 Å². The number of sulfonamides is 1. The number of anilines is 1. The van der Waals surface area contributed by atoms with Crippen molar-refractivity contribution >= 4 is 27.4 Å². The van der Waals surface area contributed by atoms with E-state index in [-0.39, 0.29) is 10.9 Å². The van der Waals surface area contributed by atoms with E-state index in [1.165, 1.54) is 19.3 Å². The minimum Gasteiger partial charge on any atom is -0.492 e. The number of benzene rings is 1. The molecular weight excluding hydrogens is 350 g/mol. The zero-order valence-electron chi connectivity index (χ0n) is 13.1. The van der Waals surface area contributed by atoms with Gasteiger partial charge in [0.05, 0.1) is 17.7 Å². The smallest absolute Gasteiger partial charge is 0.241 e. The molecule has 0 radical (unpaired) electrons. The molecule has 2 heterocycles. The van der Waals surface area contributed by atoms with E-state index in [0.717, 1.165) is 18.4 Å². The molecule has 1 aliphatic rings. The van der Waals surface area contributed by atoms with Crippen molar-refractivity contribution < 1.29 is 13.2 Å². The Morgan fingerprint density at radius 1 is 1.29 bits per heavy atom. The molecule has 2 aromatic rings. The highest BCUT2D eigenvalue weighted by Crippen LogP contribution is 2.38. The average molecular weight is 368 g/mol. The van der Waals surface area contributed by atoms with Crippen LogP contribution in [0.4, 0.5) is 5.82 Å². The number of nitrogens with one attached hydrogen (secondary N) is 2. The molecule has 0 saturated heterocycles. The third-order valence-electron chi connectivity index (χ3n) is 3.89. The first kappa shape index (κ1) is 17.0. The zero-order chi connectivity index (χ0) is 17.2. The van der Waals surface area contributed by atoms with Gasteiger partial charge in [-0.25, -0.2) is 18.1 Å². The Hall–Kier alpha value is -1.83. The highest BCUT2D eigenvalue weighted by molar-refractivity contribution is 7.89. The summed E-state index contributed by atoms with van der Waals surface area (Å²) in [6.45, 7) is 0.613. The second-order valence-electron chi connectivity index (χ2n) is 5.43. The van der Waals surface area contributed by atoms with Crippen molar-refractivity contribution in [2.45, 2.75) is 23.8 Å². The van der Waals surface area contributed by atoms with Crippen LogP contribution in [-0.2, 0) is 10.0 Å². The maximum Gasteiger partial charge on any atom is 0.241 e. The molecule has 24 heavy (non-hydrogen) atoms. The van der Waals surface area contributed by atoms with E-state index in [9.17, 15) is 8.42 Å². The van der Waals surface area contributed by atoms with Gasteiger partial charge >= 0.3 is 0 Å². The van der Waals surface area contributed by atoms with E-state index in [1.54, 1.807) is 12.1 Å². The summed E-state index contributed by atoms with van der Waals surface area (Å²) in [6, 6.07) is 8.84. The van der Waals surface area contributed by atoms with Gasteiger partial charge in [0, 0.05) is 11.8 Å². The third kappa shape index (κ3) is 3.48. The lowest BCUT2D eigenvalue weighted by Crippen LogP contribution is -2.19. The van der Waals surface area contributed by atoms with Crippen LogP contribution in [0.5, 0.6) is 5.75 Å². The van der Waals surface area contributed by atoms with Gasteiger partial charge < -0.3 is 10.1 Å². The molecule has 1 aliphatic heterocycles. The van der Waals surface area contributed by atoms with Crippen LogP contribution >= 0.6 is 11.6 Å². The molecule has 128 valence electrons. The summed E-state index contributed by atoms with van der Waals surface area (Å²) in [4.78, 5) is 4.34. The lowest BCUT2D eigenvalue weighted by molar-refractivity contribution is 0.316. The van der Waals surface area contributed by atoms with Gasteiger partial charge in [-0.05, 0) is 38.1 Å². The molecule has 6 nitrogen and oxygen atoms in total. The molecule has 0 fully saturated rings. The average Bonchev–Trinajstić information content (AvgIpc) is 2.79. The van der Waals surface area contributed by atoms with Crippen molar-refractivity contribution in [3.05, 3.63) is 47.1 Å². The number of nitrogens with zero attached hydrogens (tertiary/aromatic N) is 1. The van der Waals surface area contributed by atoms with Crippen molar-refractivity contribution in [3.8, 4) is 5.75 Å². The Labute approximate surface area is 146 Å². The second kappa shape index (κ2) is 6.96. The fraction of sp³-hybridized carbons (Fsp3) is 0.312. The van der Waals surface area contributed by atoms with E-state index in [4.69, 9.17) is 16.3 Å². The van der Waals surface area contributed by atoms with Gasteiger partial charge in [-0.2, -0.15) is 0 Å². The van der Waals surface area contributed by atoms with Gasteiger partial charge in [-0.1, -0.05) is 23.7 Å². The molecule has 0 spiro atoms. The molecule has 8 heteroatoms. The van der Waals surface area contributed by atoms with E-state index < -0.39 is 10.0 Å². The molecule has 0 saturated carbocycles. The highest BCUT2D eigenvalue weighted by atomic mass is 35.5. The number of hydrogen-bond donors (Lipinski definition) is 2. The molecule has 1 aromatic heterocycles. The Balaban J connectivity index is 1.85. The van der Waals surface area contributed by atoms with Gasteiger partial charge in [0.1, 0.15) is 16.5 Å². The summed E-state index contributed by atoms with van der Waals surface area (Å²) < 4.78 is 31.5. The van der Waals surface area contributed by atoms with E-state index >= 15 is 0 Å². The SMILES string of the molecule is CNS(=O)(=O)c1ccc(NC2CCCOc3c(Cl)cccc32)nc1. The first-order chi connectivity index (χ1) is 11.5. The topological polar surface area (TPSA) is 80.3 Å². The second-order valence-corrected chi connectivity index (χ2v) is 7.73. The predicted octanol–water partition coefficient (Wildman–Crippen LogP) is 2.97. The fourth-order valence-corrected chi connectivity index (χ4v) is 3.55. The van der Waals surface area contributed by atoms with Crippen LogP contribution in [0.25, 0.3) is 0 Å². The Bertz CT molecular complexity index is 825. The molecule has 0 amide bonds. The summed E-state index contributed by atoms with van der Waals surface area (Å²) in [5.41, 5.74) is 0.980. The minimum absolute atomic E-state index is 0.000423. The van der Waals surface area contributed by atoms with Crippen molar-refractivity contribution in [2.75, 3.05) is 19.0 Å². The van der Waals surface area contributed by atoms with E-state index in [0.29, 0.717) is 23.2 Å². The highest BCUT2D eigenvalue weighted by Gasteiger charge is 2.22. The molecule has 1 aromatic carbocycles. The van der Waals surface area contributed by atoms with Gasteiger partial charge in [0.2, 0.25) is 10.0 Å². The lowest BCUT2D eigenvalue weighted by atomic mass is 10.0. The number of aromatic nitrogens is 1. The van der Waals surface area contributed by atoms with Crippen molar-refractivity contribution in [3.63, 3.8) is 0 Å². The standard InChI is InChI=1S/C16H18ClN3O3S/c1-18-24(21,22)11-7-8-15(19-10-11)20-14-6-3-9-23-16-12(14)4-2-5-13(16)17/h2,4-5,7-8,10,14,18H,3,6,9H2,1H3,(H,19,20). The molecule has 0 aliphatic carbocycles. The van der Waals surface area contributed by atoms with Crippen LogP contribution in [0.15, 0.2) is 41.4 Å². The molecule has 3 rings (SSSR count). The van der Waals surface area contributed by atoms with Crippen molar-refractivity contribution in [1.29, 1.82) is 0 Å². The summed E-state index contributed by atoms with van der Waals surface area (Å²) in [5, 5.41) is 3.92. The molecule has 1 unspecified atom stereocenters. The van der Waals surface area contributed by atoms with Crippen molar-refractivity contribution in [1.82, 2.24) is 9.71 Å². The largest absolute Gasteiger partial charge is 0.492 e. The number of rotatable bonds is 4. The number of pyridine rings is 1. The maximum absolute atomic E-state index is 11.7. The minimum atomic E-state index is -3.49. The van der Waals surface area contributed by atoms with Crippen molar-refractivity contribution in [2.24, 2.45) is 0 Å². The van der Waals surface area contributed by atoms with Crippen LogP contribution < -0.4 is 14.8 Å². The van der Waals surface area contributed by atoms with Gasteiger partial charge in [0.15, 0.2) is 0 Å². The molecule has 1 atom stereocenters. The van der Waals surface area contributed by atoms with Crippen LogP contribution in [-0.4, -0.2) is 27.1 Å². The Kier molecular flexibility index (Phi) is 4.93. The van der Waals surface area contributed by atoms with Gasteiger partial charge in [-0.3, -0.25) is 0 Å². The zero-order valence-corrected chi connectivity index (χ0v) is 14.7.